The molecule has 0 spiro atoms. The van der Waals surface area contributed by atoms with Crippen molar-refractivity contribution < 1.29 is 13.9 Å². The third-order valence-electron chi connectivity index (χ3n) is 0.943. The summed E-state index contributed by atoms with van der Waals surface area (Å²) in [6.45, 7) is 1.84. The second kappa shape index (κ2) is 4.68. The van der Waals surface area contributed by atoms with E-state index in [1.165, 1.54) is 0 Å². The van der Waals surface area contributed by atoms with E-state index < -0.39 is 10.9 Å². The molecule has 0 aromatic rings. The molecule has 0 aliphatic heterocycles. The third-order valence-corrected chi connectivity index (χ3v) is 1.14. The molecule has 1 nitrogen and oxygen atoms in total. The van der Waals surface area contributed by atoms with E-state index in [9.17, 15) is 8.78 Å². The van der Waals surface area contributed by atoms with Crippen LogP contribution in [0, 0.1) is 11.8 Å². The monoisotopic (exact) mass is 226 g/mol. The normalized spacial score (nSPS) is 13.5. The molecule has 1 atom stereocenters. The zero-order valence-corrected chi connectivity index (χ0v) is 7.66. The molecule has 0 aliphatic rings. The van der Waals surface area contributed by atoms with E-state index in [0.717, 1.165) is 6.42 Å². The Hall–Kier alpha value is -0.140. The van der Waals surface area contributed by atoms with E-state index in [2.05, 4.69) is 0 Å². The largest absolute Gasteiger partial charge is 0.380 e. The number of rotatable bonds is 2. The lowest BCUT2D eigenvalue weighted by atomic mass is 10.2. The maximum absolute atomic E-state index is 12.0. The van der Waals surface area contributed by atoms with Gasteiger partial charge < -0.3 is 5.11 Å². The Bertz CT molecular complexity index is 166. The lowest BCUT2D eigenvalue weighted by Crippen LogP contribution is -2.05. The van der Waals surface area contributed by atoms with E-state index in [4.69, 9.17) is 5.11 Å². The van der Waals surface area contributed by atoms with Crippen LogP contribution in [0.3, 0.4) is 0 Å². The first-order chi connectivity index (χ1) is 4.95. The fourth-order valence-corrected chi connectivity index (χ4v) is 0.625. The van der Waals surface area contributed by atoms with E-state index in [0.29, 0.717) is 6.42 Å². The second-order valence-corrected chi connectivity index (χ2v) is 3.07. The van der Waals surface area contributed by atoms with Crippen molar-refractivity contribution in [2.24, 2.45) is 0 Å². The molecule has 0 amide bonds. The van der Waals surface area contributed by atoms with Crippen molar-refractivity contribution in [3.63, 3.8) is 0 Å². The van der Waals surface area contributed by atoms with Crippen LogP contribution in [0.4, 0.5) is 8.78 Å². The minimum atomic E-state index is -3.18. The van der Waals surface area contributed by atoms with Gasteiger partial charge >= 0.3 is 4.83 Å². The second-order valence-electron chi connectivity index (χ2n) is 2.07. The summed E-state index contributed by atoms with van der Waals surface area (Å²) in [6, 6.07) is 0. The lowest BCUT2D eigenvalue weighted by molar-refractivity contribution is 0.179. The summed E-state index contributed by atoms with van der Waals surface area (Å²) in [5, 5.41) is 8.88. The minimum Gasteiger partial charge on any atom is -0.380 e. The summed E-state index contributed by atoms with van der Waals surface area (Å²) in [6.07, 6.45) is 0.211. The van der Waals surface area contributed by atoms with E-state index >= 15 is 0 Å². The summed E-state index contributed by atoms with van der Waals surface area (Å²) >= 11 is 2.04. The quantitative estimate of drug-likeness (QED) is 0.566. The van der Waals surface area contributed by atoms with Crippen molar-refractivity contribution in [1.82, 2.24) is 0 Å². The predicted octanol–water partition coefficient (Wildman–Crippen LogP) is 2.14. The fourth-order valence-electron chi connectivity index (χ4n) is 0.511. The van der Waals surface area contributed by atoms with Gasteiger partial charge in [0.05, 0.1) is 0 Å². The maximum atomic E-state index is 12.0. The molecule has 0 rings (SSSR count). The molecular weight excluding hydrogens is 218 g/mol. The zero-order chi connectivity index (χ0) is 8.91. The van der Waals surface area contributed by atoms with Gasteiger partial charge in [-0.05, 0) is 12.3 Å². The molecule has 4 heteroatoms. The van der Waals surface area contributed by atoms with Crippen LogP contribution >= 0.6 is 15.9 Å². The first kappa shape index (κ1) is 10.9. The molecule has 64 valence electrons. The molecule has 0 fully saturated rings. The summed E-state index contributed by atoms with van der Waals surface area (Å²) < 4.78 is 23.9. The Morgan fingerprint density at radius 1 is 1.64 bits per heavy atom. The van der Waals surface area contributed by atoms with Crippen LogP contribution in [-0.4, -0.2) is 16.0 Å². The molecular formula is C7H9BrF2O. The third kappa shape index (κ3) is 7.76. The number of hydrogen-bond donors (Lipinski definition) is 1. The van der Waals surface area contributed by atoms with E-state index in [1.807, 2.05) is 28.8 Å². The van der Waals surface area contributed by atoms with Crippen LogP contribution in [0.25, 0.3) is 0 Å². The van der Waals surface area contributed by atoms with Gasteiger partial charge in [-0.3, -0.25) is 0 Å². The van der Waals surface area contributed by atoms with Gasteiger partial charge in [0, 0.05) is 15.9 Å². The molecule has 0 saturated carbocycles. The minimum absolute atomic E-state index is 0.427. The highest BCUT2D eigenvalue weighted by atomic mass is 79.9. The molecule has 1 N–H and O–H groups in total. The molecule has 11 heavy (non-hydrogen) atoms. The number of halogens is 3. The molecule has 0 bridgehead atoms. The fraction of sp³-hybridized carbons (Fsp3) is 0.714. The molecule has 0 heterocycles. The smallest absolute Gasteiger partial charge is 0.363 e. The number of aliphatic hydroxyl groups excluding tert-OH is 1. The van der Waals surface area contributed by atoms with E-state index in [1.54, 1.807) is 5.92 Å². The van der Waals surface area contributed by atoms with Crippen LogP contribution in [0.15, 0.2) is 0 Å². The van der Waals surface area contributed by atoms with Crippen LogP contribution in [0.1, 0.15) is 19.8 Å². The van der Waals surface area contributed by atoms with Gasteiger partial charge in [-0.25, -0.2) is 0 Å². The Balaban J connectivity index is 3.87. The van der Waals surface area contributed by atoms with Gasteiger partial charge in [0.1, 0.15) is 6.10 Å². The topological polar surface area (TPSA) is 20.2 Å². The number of alkyl halides is 3. The van der Waals surface area contributed by atoms with Crippen LogP contribution in [0.5, 0.6) is 0 Å². The zero-order valence-electron chi connectivity index (χ0n) is 6.07. The van der Waals surface area contributed by atoms with Crippen molar-refractivity contribution in [2.75, 3.05) is 0 Å². The Kier molecular flexibility index (Phi) is 4.62. The molecule has 0 aliphatic carbocycles. The highest BCUT2D eigenvalue weighted by molar-refractivity contribution is 9.10. The average Bonchev–Trinajstić information content (AvgIpc) is 1.83. The Morgan fingerprint density at radius 3 is 2.55 bits per heavy atom. The van der Waals surface area contributed by atoms with Crippen molar-refractivity contribution in [3.8, 4) is 11.8 Å². The number of hydrogen-bond acceptors (Lipinski definition) is 1. The summed E-state index contributed by atoms with van der Waals surface area (Å²) in [4.78, 5) is -3.18. The van der Waals surface area contributed by atoms with Gasteiger partial charge in [0.15, 0.2) is 0 Å². The van der Waals surface area contributed by atoms with Gasteiger partial charge in [-0.15, -0.1) is 0 Å². The first-order valence-corrected chi connectivity index (χ1v) is 4.02. The highest BCUT2D eigenvalue weighted by Crippen LogP contribution is 2.19. The van der Waals surface area contributed by atoms with Crippen LogP contribution in [-0.2, 0) is 0 Å². The van der Waals surface area contributed by atoms with Crippen molar-refractivity contribution in [2.45, 2.75) is 30.7 Å². The van der Waals surface area contributed by atoms with Crippen molar-refractivity contribution in [3.05, 3.63) is 0 Å². The van der Waals surface area contributed by atoms with Crippen LogP contribution < -0.4 is 0 Å². The summed E-state index contributed by atoms with van der Waals surface area (Å²) in [5.74, 6) is 3.62. The summed E-state index contributed by atoms with van der Waals surface area (Å²) in [7, 11) is 0. The summed E-state index contributed by atoms with van der Waals surface area (Å²) in [5.41, 5.74) is 0. The van der Waals surface area contributed by atoms with Crippen molar-refractivity contribution in [1.29, 1.82) is 0 Å². The first-order valence-electron chi connectivity index (χ1n) is 3.23. The molecule has 0 aromatic carbocycles. The van der Waals surface area contributed by atoms with Gasteiger partial charge in [-0.1, -0.05) is 19.3 Å². The lowest BCUT2D eigenvalue weighted by Gasteiger charge is -1.99. The van der Waals surface area contributed by atoms with E-state index in [-0.39, 0.29) is 0 Å². The maximum Gasteiger partial charge on any atom is 0.363 e. The number of aliphatic hydroxyl groups is 1. The Labute approximate surface area is 72.9 Å². The molecule has 0 saturated heterocycles. The molecule has 0 radical (unpaired) electrons. The average molecular weight is 227 g/mol. The molecule has 0 aromatic heterocycles. The SMILES string of the molecule is CCCC(O)C#CC(F)(F)Br. The Morgan fingerprint density at radius 2 is 2.18 bits per heavy atom. The van der Waals surface area contributed by atoms with Gasteiger partial charge in [-0.2, -0.15) is 8.78 Å². The molecule has 1 unspecified atom stereocenters. The predicted molar refractivity (Wildman–Crippen MR) is 42.6 cm³/mol. The van der Waals surface area contributed by atoms with Crippen molar-refractivity contribution >= 4 is 15.9 Å². The van der Waals surface area contributed by atoms with Gasteiger partial charge in [0.2, 0.25) is 0 Å². The highest BCUT2D eigenvalue weighted by Gasteiger charge is 2.19. The van der Waals surface area contributed by atoms with Gasteiger partial charge in [0.25, 0.3) is 0 Å². The standard InChI is InChI=1S/C7H9BrF2O/c1-2-3-6(11)4-5-7(8,9)10/h6,11H,2-3H2,1H3. The van der Waals surface area contributed by atoms with Crippen LogP contribution in [0.2, 0.25) is 0 Å².